The zero-order valence-electron chi connectivity index (χ0n) is 17.3. The van der Waals surface area contributed by atoms with Gasteiger partial charge in [0.15, 0.2) is 0 Å². The molecule has 30 heavy (non-hydrogen) atoms. The molecule has 0 fully saturated rings. The average Bonchev–Trinajstić information content (AvgIpc) is 3.22. The number of nitrogens with zero attached hydrogens (tertiary/aromatic N) is 2. The summed E-state index contributed by atoms with van der Waals surface area (Å²) >= 11 is 1.47. The van der Waals surface area contributed by atoms with Crippen molar-refractivity contribution in [3.8, 4) is 11.3 Å². The number of carbonyl (C=O) groups excluding carboxylic acids is 1. The van der Waals surface area contributed by atoms with Gasteiger partial charge in [-0.3, -0.25) is 4.79 Å². The van der Waals surface area contributed by atoms with Crippen molar-refractivity contribution in [1.29, 1.82) is 0 Å². The minimum atomic E-state index is -3.63. The van der Waals surface area contributed by atoms with Crippen LogP contribution in [0.1, 0.15) is 34.8 Å². The molecule has 0 atom stereocenters. The Morgan fingerprint density at radius 3 is 2.47 bits per heavy atom. The standard InChI is InChI=1S/C22H25N3O3S2/c1-4-25(5-2)30(27,28)18-12-11-16(3)19(13-18)22(26)23-14-21-24-20(15-29-21)17-9-7-6-8-10-17/h6-13,15H,4-5,14H2,1-3H3,(H,23,26). The van der Waals surface area contributed by atoms with Crippen LogP contribution >= 0.6 is 11.3 Å². The first-order valence-electron chi connectivity index (χ1n) is 9.75. The van der Waals surface area contributed by atoms with Crippen LogP contribution in [0, 0.1) is 6.92 Å². The summed E-state index contributed by atoms with van der Waals surface area (Å²) in [5.74, 6) is -0.319. The first kappa shape index (κ1) is 22.1. The Hall–Kier alpha value is -2.55. The number of hydrogen-bond donors (Lipinski definition) is 1. The first-order valence-corrected chi connectivity index (χ1v) is 12.1. The van der Waals surface area contributed by atoms with E-state index in [1.54, 1.807) is 32.9 Å². The molecule has 2 aromatic carbocycles. The Kier molecular flexibility index (Phi) is 7.02. The lowest BCUT2D eigenvalue weighted by atomic mass is 10.1. The molecule has 0 radical (unpaired) electrons. The topological polar surface area (TPSA) is 79.4 Å². The van der Waals surface area contributed by atoms with Gasteiger partial charge in [0, 0.05) is 29.6 Å². The third-order valence-electron chi connectivity index (χ3n) is 4.82. The fourth-order valence-corrected chi connectivity index (χ4v) is 5.33. The van der Waals surface area contributed by atoms with Crippen molar-refractivity contribution in [3.05, 3.63) is 70.0 Å². The number of benzene rings is 2. The van der Waals surface area contributed by atoms with Gasteiger partial charge in [0.2, 0.25) is 10.0 Å². The van der Waals surface area contributed by atoms with E-state index >= 15 is 0 Å². The zero-order chi connectivity index (χ0) is 21.7. The monoisotopic (exact) mass is 443 g/mol. The molecule has 0 bridgehead atoms. The van der Waals surface area contributed by atoms with Crippen LogP contribution in [0.4, 0.5) is 0 Å². The van der Waals surface area contributed by atoms with Gasteiger partial charge in [0.1, 0.15) is 5.01 Å². The molecule has 1 aromatic heterocycles. The molecule has 8 heteroatoms. The molecule has 1 amide bonds. The predicted molar refractivity (Wildman–Crippen MR) is 120 cm³/mol. The molecule has 0 aliphatic heterocycles. The Morgan fingerprint density at radius 1 is 1.10 bits per heavy atom. The highest BCUT2D eigenvalue weighted by molar-refractivity contribution is 7.89. The minimum absolute atomic E-state index is 0.127. The maximum Gasteiger partial charge on any atom is 0.251 e. The molecular formula is C22H25N3O3S2. The largest absolute Gasteiger partial charge is 0.346 e. The summed E-state index contributed by atoms with van der Waals surface area (Å²) in [5, 5.41) is 5.60. The van der Waals surface area contributed by atoms with Crippen molar-refractivity contribution in [2.45, 2.75) is 32.2 Å². The Labute approximate surface area is 181 Å². The van der Waals surface area contributed by atoms with Crippen LogP contribution < -0.4 is 5.32 Å². The summed E-state index contributed by atoms with van der Waals surface area (Å²) in [4.78, 5) is 17.5. The Bertz CT molecular complexity index is 1120. The molecule has 0 aliphatic rings. The fourth-order valence-electron chi connectivity index (χ4n) is 3.10. The average molecular weight is 444 g/mol. The van der Waals surface area contributed by atoms with Gasteiger partial charge in [-0.25, -0.2) is 13.4 Å². The molecule has 0 spiro atoms. The van der Waals surface area contributed by atoms with E-state index in [2.05, 4.69) is 10.3 Å². The highest BCUT2D eigenvalue weighted by Gasteiger charge is 2.23. The number of thiazole rings is 1. The van der Waals surface area contributed by atoms with Gasteiger partial charge in [0.05, 0.1) is 17.1 Å². The summed E-state index contributed by atoms with van der Waals surface area (Å²) < 4.78 is 26.9. The second kappa shape index (κ2) is 9.51. The van der Waals surface area contributed by atoms with Gasteiger partial charge in [-0.05, 0) is 24.6 Å². The van der Waals surface area contributed by atoms with E-state index in [-0.39, 0.29) is 17.3 Å². The smallest absolute Gasteiger partial charge is 0.251 e. The zero-order valence-corrected chi connectivity index (χ0v) is 18.9. The van der Waals surface area contributed by atoms with Crippen LogP contribution in [0.2, 0.25) is 0 Å². The normalized spacial score (nSPS) is 11.6. The van der Waals surface area contributed by atoms with Crippen molar-refractivity contribution in [3.63, 3.8) is 0 Å². The lowest BCUT2D eigenvalue weighted by molar-refractivity contribution is 0.0950. The van der Waals surface area contributed by atoms with Crippen molar-refractivity contribution in [1.82, 2.24) is 14.6 Å². The molecule has 0 saturated heterocycles. The molecule has 1 heterocycles. The van der Waals surface area contributed by atoms with Gasteiger partial charge in [0.25, 0.3) is 5.91 Å². The number of sulfonamides is 1. The Balaban J connectivity index is 1.75. The maximum absolute atomic E-state index is 12.8. The van der Waals surface area contributed by atoms with Crippen LogP contribution in [0.25, 0.3) is 11.3 Å². The van der Waals surface area contributed by atoms with Crippen LogP contribution in [0.5, 0.6) is 0 Å². The molecule has 3 aromatic rings. The fraction of sp³-hybridized carbons (Fsp3) is 0.273. The summed E-state index contributed by atoms with van der Waals surface area (Å²) in [6, 6.07) is 14.5. The second-order valence-electron chi connectivity index (χ2n) is 6.74. The van der Waals surface area contributed by atoms with E-state index in [4.69, 9.17) is 0 Å². The maximum atomic E-state index is 12.8. The van der Waals surface area contributed by atoms with Crippen LogP contribution in [0.3, 0.4) is 0 Å². The van der Waals surface area contributed by atoms with Gasteiger partial charge in [-0.15, -0.1) is 11.3 Å². The van der Waals surface area contributed by atoms with E-state index in [9.17, 15) is 13.2 Å². The molecule has 0 unspecified atom stereocenters. The SMILES string of the molecule is CCN(CC)S(=O)(=O)c1ccc(C)c(C(=O)NCc2nc(-c3ccccc3)cs2)c1. The number of aromatic nitrogens is 1. The highest BCUT2D eigenvalue weighted by atomic mass is 32.2. The number of carbonyl (C=O) groups is 1. The van der Waals surface area contributed by atoms with E-state index in [1.807, 2.05) is 35.7 Å². The van der Waals surface area contributed by atoms with Gasteiger partial charge >= 0.3 is 0 Å². The van der Waals surface area contributed by atoms with E-state index in [0.717, 1.165) is 21.8 Å². The third kappa shape index (κ3) is 4.77. The molecule has 0 aliphatic carbocycles. The molecule has 3 rings (SSSR count). The quantitative estimate of drug-likeness (QED) is 0.569. The summed E-state index contributed by atoms with van der Waals surface area (Å²) in [6.45, 7) is 6.41. The van der Waals surface area contributed by atoms with Gasteiger partial charge in [-0.2, -0.15) is 4.31 Å². The summed E-state index contributed by atoms with van der Waals surface area (Å²) in [7, 11) is -3.63. The lowest BCUT2D eigenvalue weighted by Gasteiger charge is -2.19. The third-order valence-corrected chi connectivity index (χ3v) is 7.71. The first-order chi connectivity index (χ1) is 14.4. The molecule has 1 N–H and O–H groups in total. The molecule has 0 saturated carbocycles. The highest BCUT2D eigenvalue weighted by Crippen LogP contribution is 2.22. The van der Waals surface area contributed by atoms with Crippen molar-refractivity contribution in [2.24, 2.45) is 0 Å². The van der Waals surface area contributed by atoms with Crippen molar-refractivity contribution < 1.29 is 13.2 Å². The second-order valence-corrected chi connectivity index (χ2v) is 9.62. The predicted octanol–water partition coefficient (Wildman–Crippen LogP) is 4.08. The molecule has 158 valence electrons. The lowest BCUT2D eigenvalue weighted by Crippen LogP contribution is -2.31. The van der Waals surface area contributed by atoms with Gasteiger partial charge < -0.3 is 5.32 Å². The number of nitrogens with one attached hydrogen (secondary N) is 1. The number of hydrogen-bond acceptors (Lipinski definition) is 5. The van der Waals surface area contributed by atoms with Crippen LogP contribution in [0.15, 0.2) is 58.8 Å². The van der Waals surface area contributed by atoms with Gasteiger partial charge in [-0.1, -0.05) is 50.2 Å². The van der Waals surface area contributed by atoms with Crippen LogP contribution in [-0.2, 0) is 16.6 Å². The van der Waals surface area contributed by atoms with E-state index in [0.29, 0.717) is 18.7 Å². The number of aryl methyl sites for hydroxylation is 1. The van der Waals surface area contributed by atoms with E-state index < -0.39 is 10.0 Å². The molecular weight excluding hydrogens is 418 g/mol. The van der Waals surface area contributed by atoms with Crippen molar-refractivity contribution in [2.75, 3.05) is 13.1 Å². The number of rotatable bonds is 8. The summed E-state index contributed by atoms with van der Waals surface area (Å²) in [6.07, 6.45) is 0. The Morgan fingerprint density at radius 2 is 1.80 bits per heavy atom. The van der Waals surface area contributed by atoms with Crippen molar-refractivity contribution >= 4 is 27.3 Å². The summed E-state index contributed by atoms with van der Waals surface area (Å²) in [5.41, 5.74) is 2.96. The van der Waals surface area contributed by atoms with E-state index in [1.165, 1.54) is 21.7 Å². The number of amides is 1. The van der Waals surface area contributed by atoms with Crippen LogP contribution in [-0.4, -0.2) is 36.7 Å². The molecule has 6 nitrogen and oxygen atoms in total. The minimum Gasteiger partial charge on any atom is -0.346 e.